The van der Waals surface area contributed by atoms with Gasteiger partial charge in [-0.05, 0) is 19.5 Å². The first-order valence-corrected chi connectivity index (χ1v) is 5.87. The van der Waals surface area contributed by atoms with Crippen molar-refractivity contribution < 1.29 is 14.4 Å². The zero-order chi connectivity index (χ0) is 13.4. The molecule has 0 atom stereocenters. The molecule has 6 heteroatoms. The molecule has 6 nitrogen and oxygen atoms in total. The summed E-state index contributed by atoms with van der Waals surface area (Å²) in [5, 5.41) is 13.8. The van der Waals surface area contributed by atoms with Crippen molar-refractivity contribution in [3.05, 3.63) is 33.9 Å². The molecular formula is C12H18N2O4. The molecule has 0 aliphatic carbocycles. The highest BCUT2D eigenvalue weighted by molar-refractivity contribution is 5.43. The SMILES string of the molecule is CCNCc1cc([N+](=O)[O-])ccc1OCOCC. The average Bonchev–Trinajstić information content (AvgIpc) is 2.37. The minimum atomic E-state index is -0.415. The highest BCUT2D eigenvalue weighted by atomic mass is 16.7. The Bertz CT molecular complexity index is 396. The quantitative estimate of drug-likeness (QED) is 0.333. The van der Waals surface area contributed by atoms with Crippen molar-refractivity contribution in [1.82, 2.24) is 5.32 Å². The Kier molecular flexibility index (Phi) is 6.10. The van der Waals surface area contributed by atoms with Gasteiger partial charge >= 0.3 is 0 Å². The Balaban J connectivity index is 2.82. The van der Waals surface area contributed by atoms with Gasteiger partial charge < -0.3 is 14.8 Å². The van der Waals surface area contributed by atoms with E-state index in [2.05, 4.69) is 5.32 Å². The fraction of sp³-hybridized carbons (Fsp3) is 0.500. The summed E-state index contributed by atoms with van der Waals surface area (Å²) < 4.78 is 10.5. The van der Waals surface area contributed by atoms with Gasteiger partial charge in [0.25, 0.3) is 5.69 Å². The molecule has 0 spiro atoms. The summed E-state index contributed by atoms with van der Waals surface area (Å²) >= 11 is 0. The molecule has 0 unspecified atom stereocenters. The number of non-ortho nitro benzene ring substituents is 1. The maximum Gasteiger partial charge on any atom is 0.270 e. The molecule has 0 saturated carbocycles. The Hall–Kier alpha value is -1.66. The van der Waals surface area contributed by atoms with E-state index in [0.29, 0.717) is 18.9 Å². The van der Waals surface area contributed by atoms with E-state index in [9.17, 15) is 10.1 Å². The lowest BCUT2D eigenvalue weighted by Gasteiger charge is -2.11. The summed E-state index contributed by atoms with van der Waals surface area (Å²) in [6.45, 7) is 5.87. The van der Waals surface area contributed by atoms with Crippen molar-refractivity contribution in [3.8, 4) is 5.75 Å². The molecular weight excluding hydrogens is 236 g/mol. The Morgan fingerprint density at radius 2 is 2.17 bits per heavy atom. The predicted molar refractivity (Wildman–Crippen MR) is 67.6 cm³/mol. The molecule has 18 heavy (non-hydrogen) atoms. The second-order valence-electron chi connectivity index (χ2n) is 3.58. The van der Waals surface area contributed by atoms with E-state index >= 15 is 0 Å². The summed E-state index contributed by atoms with van der Waals surface area (Å²) in [5.74, 6) is 0.606. The number of benzene rings is 1. The van der Waals surface area contributed by atoms with Crippen LogP contribution in [0.15, 0.2) is 18.2 Å². The number of rotatable bonds is 8. The molecule has 0 radical (unpaired) electrons. The maximum absolute atomic E-state index is 10.7. The first-order valence-electron chi connectivity index (χ1n) is 5.87. The van der Waals surface area contributed by atoms with Crippen LogP contribution < -0.4 is 10.1 Å². The number of hydrogen-bond donors (Lipinski definition) is 1. The van der Waals surface area contributed by atoms with Crippen LogP contribution >= 0.6 is 0 Å². The number of ether oxygens (including phenoxy) is 2. The number of nitro benzene ring substituents is 1. The third-order valence-electron chi connectivity index (χ3n) is 2.32. The third-order valence-corrected chi connectivity index (χ3v) is 2.32. The van der Waals surface area contributed by atoms with Crippen LogP contribution in [-0.2, 0) is 11.3 Å². The van der Waals surface area contributed by atoms with Gasteiger partial charge in [0, 0.05) is 30.8 Å². The monoisotopic (exact) mass is 254 g/mol. The van der Waals surface area contributed by atoms with Gasteiger partial charge in [0.2, 0.25) is 0 Å². The van der Waals surface area contributed by atoms with Crippen molar-refractivity contribution in [3.63, 3.8) is 0 Å². The first-order chi connectivity index (χ1) is 8.69. The molecule has 0 fully saturated rings. The highest BCUT2D eigenvalue weighted by Gasteiger charge is 2.11. The molecule has 0 heterocycles. The van der Waals surface area contributed by atoms with Crippen LogP contribution in [0.5, 0.6) is 5.75 Å². The van der Waals surface area contributed by atoms with Gasteiger partial charge in [-0.25, -0.2) is 0 Å². The Morgan fingerprint density at radius 3 is 2.78 bits per heavy atom. The van der Waals surface area contributed by atoms with Crippen LogP contribution in [0.4, 0.5) is 5.69 Å². The van der Waals surface area contributed by atoms with E-state index < -0.39 is 4.92 Å². The smallest absolute Gasteiger partial charge is 0.270 e. The predicted octanol–water partition coefficient (Wildman–Crippen LogP) is 2.08. The molecule has 0 bridgehead atoms. The average molecular weight is 254 g/mol. The van der Waals surface area contributed by atoms with Crippen molar-refractivity contribution in [2.45, 2.75) is 20.4 Å². The fourth-order valence-electron chi connectivity index (χ4n) is 1.41. The second kappa shape index (κ2) is 7.62. The first kappa shape index (κ1) is 14.4. The molecule has 0 amide bonds. The number of nitrogens with zero attached hydrogens (tertiary/aromatic N) is 1. The summed E-state index contributed by atoms with van der Waals surface area (Å²) in [4.78, 5) is 10.3. The maximum atomic E-state index is 10.7. The normalized spacial score (nSPS) is 10.3. The molecule has 1 rings (SSSR count). The zero-order valence-corrected chi connectivity index (χ0v) is 10.6. The minimum absolute atomic E-state index is 0.0617. The topological polar surface area (TPSA) is 73.6 Å². The van der Waals surface area contributed by atoms with E-state index in [1.807, 2.05) is 13.8 Å². The van der Waals surface area contributed by atoms with Gasteiger partial charge in [0.15, 0.2) is 6.79 Å². The molecule has 1 aromatic rings. The molecule has 0 saturated heterocycles. The van der Waals surface area contributed by atoms with Crippen molar-refractivity contribution in [1.29, 1.82) is 0 Å². The van der Waals surface area contributed by atoms with E-state index in [1.165, 1.54) is 12.1 Å². The van der Waals surface area contributed by atoms with Crippen LogP contribution in [0.2, 0.25) is 0 Å². The lowest BCUT2D eigenvalue weighted by Crippen LogP contribution is -2.13. The minimum Gasteiger partial charge on any atom is -0.467 e. The summed E-state index contributed by atoms with van der Waals surface area (Å²) in [5.41, 5.74) is 0.817. The Morgan fingerprint density at radius 1 is 1.39 bits per heavy atom. The lowest BCUT2D eigenvalue weighted by molar-refractivity contribution is -0.384. The van der Waals surface area contributed by atoms with Gasteiger partial charge in [-0.3, -0.25) is 10.1 Å². The summed E-state index contributed by atoms with van der Waals surface area (Å²) in [6.07, 6.45) is 0. The number of nitro groups is 1. The van der Waals surface area contributed by atoms with Crippen molar-refractivity contribution >= 4 is 5.69 Å². The van der Waals surface area contributed by atoms with Crippen LogP contribution in [0.25, 0.3) is 0 Å². The summed E-state index contributed by atoms with van der Waals surface area (Å²) in [6, 6.07) is 4.55. The van der Waals surface area contributed by atoms with Gasteiger partial charge in [-0.15, -0.1) is 0 Å². The zero-order valence-electron chi connectivity index (χ0n) is 10.6. The van der Waals surface area contributed by atoms with E-state index in [0.717, 1.165) is 12.1 Å². The molecule has 100 valence electrons. The molecule has 0 aliphatic heterocycles. The van der Waals surface area contributed by atoms with Gasteiger partial charge in [-0.1, -0.05) is 6.92 Å². The van der Waals surface area contributed by atoms with Crippen LogP contribution in [0, 0.1) is 10.1 Å². The van der Waals surface area contributed by atoms with Gasteiger partial charge in [-0.2, -0.15) is 0 Å². The highest BCUT2D eigenvalue weighted by Crippen LogP contribution is 2.24. The van der Waals surface area contributed by atoms with Gasteiger partial charge in [0.1, 0.15) is 5.75 Å². The van der Waals surface area contributed by atoms with Crippen molar-refractivity contribution in [2.24, 2.45) is 0 Å². The van der Waals surface area contributed by atoms with Crippen molar-refractivity contribution in [2.75, 3.05) is 19.9 Å². The van der Waals surface area contributed by atoms with E-state index in [4.69, 9.17) is 9.47 Å². The standard InChI is InChI=1S/C12H18N2O4/c1-3-13-8-10-7-11(14(15)16)5-6-12(10)18-9-17-4-2/h5-7,13H,3-4,8-9H2,1-2H3. The number of hydrogen-bond acceptors (Lipinski definition) is 5. The molecule has 0 aliphatic rings. The second-order valence-corrected chi connectivity index (χ2v) is 3.58. The molecule has 1 N–H and O–H groups in total. The van der Waals surface area contributed by atoms with Crippen LogP contribution in [-0.4, -0.2) is 24.9 Å². The van der Waals surface area contributed by atoms with Crippen LogP contribution in [0.3, 0.4) is 0 Å². The number of nitrogens with one attached hydrogen (secondary N) is 1. The molecule has 1 aromatic carbocycles. The molecule has 0 aromatic heterocycles. The lowest BCUT2D eigenvalue weighted by atomic mass is 10.1. The van der Waals surface area contributed by atoms with Gasteiger partial charge in [0.05, 0.1) is 4.92 Å². The largest absolute Gasteiger partial charge is 0.467 e. The third kappa shape index (κ3) is 4.31. The van der Waals surface area contributed by atoms with E-state index in [-0.39, 0.29) is 12.5 Å². The van der Waals surface area contributed by atoms with E-state index in [1.54, 1.807) is 6.07 Å². The van der Waals surface area contributed by atoms with Crippen LogP contribution in [0.1, 0.15) is 19.4 Å². The fourth-order valence-corrected chi connectivity index (χ4v) is 1.41. The summed E-state index contributed by atoms with van der Waals surface area (Å²) in [7, 11) is 0. The Labute approximate surface area is 106 Å².